The summed E-state index contributed by atoms with van der Waals surface area (Å²) >= 11 is 6.04. The highest BCUT2D eigenvalue weighted by atomic mass is 35.5. The highest BCUT2D eigenvalue weighted by molar-refractivity contribution is 6.32. The van der Waals surface area contributed by atoms with Crippen LogP contribution >= 0.6 is 11.6 Å². The fourth-order valence-electron chi connectivity index (χ4n) is 3.78. The van der Waals surface area contributed by atoms with Crippen LogP contribution in [0.5, 0.6) is 0 Å². The number of benzene rings is 1. The van der Waals surface area contributed by atoms with Crippen molar-refractivity contribution in [1.82, 2.24) is 40.3 Å². The summed E-state index contributed by atoms with van der Waals surface area (Å²) in [5, 5.41) is 19.0. The minimum Gasteiger partial charge on any atom is -0.383 e. The maximum absolute atomic E-state index is 14.0. The minimum atomic E-state index is -0.923. The van der Waals surface area contributed by atoms with Crippen molar-refractivity contribution in [1.29, 1.82) is 0 Å². The Kier molecular flexibility index (Phi) is 5.27. The first-order chi connectivity index (χ1) is 15.5. The van der Waals surface area contributed by atoms with Crippen molar-refractivity contribution in [3.05, 3.63) is 53.4 Å². The van der Waals surface area contributed by atoms with Crippen molar-refractivity contribution in [3.63, 3.8) is 0 Å². The Hall–Kier alpha value is -3.44. The van der Waals surface area contributed by atoms with E-state index < -0.39 is 11.6 Å². The molecule has 0 aliphatic carbocycles. The standard InChI is InChI=1S/C20H18ClF2N9/c21-18-16(23)6-13(22)7-17(18)32-20(28-29-30-32)15-5-11(8-26-19(15)24)12-9-27-31(10-12)14-1-3-25-4-2-14/h5-10,14,25H,1-4H2,(H2,24,26). The van der Waals surface area contributed by atoms with E-state index in [9.17, 15) is 8.78 Å². The molecule has 3 aromatic heterocycles. The second-order valence-corrected chi connectivity index (χ2v) is 7.86. The van der Waals surface area contributed by atoms with Gasteiger partial charge in [-0.15, -0.1) is 5.10 Å². The van der Waals surface area contributed by atoms with Crippen molar-refractivity contribution in [2.24, 2.45) is 0 Å². The molecule has 0 saturated carbocycles. The van der Waals surface area contributed by atoms with Crippen molar-refractivity contribution in [2.45, 2.75) is 18.9 Å². The van der Waals surface area contributed by atoms with Crippen LogP contribution in [0.2, 0.25) is 5.02 Å². The van der Waals surface area contributed by atoms with E-state index in [2.05, 4.69) is 30.9 Å². The molecule has 5 rings (SSSR count). The molecule has 1 fully saturated rings. The van der Waals surface area contributed by atoms with Crippen LogP contribution in [0.1, 0.15) is 18.9 Å². The summed E-state index contributed by atoms with van der Waals surface area (Å²) in [4.78, 5) is 4.27. The van der Waals surface area contributed by atoms with Crippen LogP contribution in [-0.2, 0) is 0 Å². The molecule has 0 amide bonds. The van der Waals surface area contributed by atoms with Gasteiger partial charge in [0.1, 0.15) is 22.5 Å². The number of nitrogens with two attached hydrogens (primary N) is 1. The van der Waals surface area contributed by atoms with Crippen molar-refractivity contribution >= 4 is 17.4 Å². The summed E-state index contributed by atoms with van der Waals surface area (Å²) < 4.78 is 30.9. The summed E-state index contributed by atoms with van der Waals surface area (Å²) in [5.74, 6) is -1.43. The Labute approximate surface area is 186 Å². The Bertz CT molecular complexity index is 1280. The molecule has 3 N–H and O–H groups in total. The number of pyridine rings is 1. The zero-order valence-electron chi connectivity index (χ0n) is 16.7. The molecule has 12 heteroatoms. The fraction of sp³-hybridized carbons (Fsp3) is 0.250. The van der Waals surface area contributed by atoms with Gasteiger partial charge in [-0.1, -0.05) is 11.6 Å². The summed E-state index contributed by atoms with van der Waals surface area (Å²) in [5.41, 5.74) is 8.04. The van der Waals surface area contributed by atoms with Crippen molar-refractivity contribution < 1.29 is 8.78 Å². The average molecular weight is 458 g/mol. The van der Waals surface area contributed by atoms with Gasteiger partial charge in [0.05, 0.1) is 23.5 Å². The van der Waals surface area contributed by atoms with Crippen LogP contribution in [0.15, 0.2) is 36.8 Å². The van der Waals surface area contributed by atoms with E-state index >= 15 is 0 Å². The molecular formula is C20H18ClF2N9. The lowest BCUT2D eigenvalue weighted by molar-refractivity contribution is 0.343. The normalized spacial score (nSPS) is 14.7. The smallest absolute Gasteiger partial charge is 0.190 e. The summed E-state index contributed by atoms with van der Waals surface area (Å²) in [6, 6.07) is 3.83. The molecule has 1 aromatic carbocycles. The van der Waals surface area contributed by atoms with Crippen LogP contribution in [-0.4, -0.2) is 48.1 Å². The molecule has 1 aliphatic rings. The molecule has 1 aliphatic heterocycles. The third-order valence-corrected chi connectivity index (χ3v) is 5.82. The second-order valence-electron chi connectivity index (χ2n) is 7.48. The zero-order valence-corrected chi connectivity index (χ0v) is 17.5. The Morgan fingerprint density at radius 2 is 1.91 bits per heavy atom. The number of hydrogen-bond acceptors (Lipinski definition) is 7. The molecule has 0 unspecified atom stereocenters. The number of nitrogen functional groups attached to an aromatic ring is 1. The molecular weight excluding hydrogens is 440 g/mol. The summed E-state index contributed by atoms with van der Waals surface area (Å²) in [7, 11) is 0. The molecule has 0 spiro atoms. The third kappa shape index (κ3) is 3.69. The molecule has 1 saturated heterocycles. The van der Waals surface area contributed by atoms with E-state index in [0.717, 1.165) is 47.8 Å². The van der Waals surface area contributed by atoms with Gasteiger partial charge in [-0.05, 0) is 42.4 Å². The average Bonchev–Trinajstić information content (AvgIpc) is 3.47. The van der Waals surface area contributed by atoms with Crippen molar-refractivity contribution in [3.8, 4) is 28.2 Å². The van der Waals surface area contributed by atoms with E-state index in [4.69, 9.17) is 17.3 Å². The first kappa shape index (κ1) is 20.5. The predicted molar refractivity (Wildman–Crippen MR) is 114 cm³/mol. The lowest BCUT2D eigenvalue weighted by atomic mass is 10.1. The molecule has 164 valence electrons. The molecule has 9 nitrogen and oxygen atoms in total. The van der Waals surface area contributed by atoms with Gasteiger partial charge in [-0.2, -0.15) is 9.78 Å². The number of halogens is 3. The molecule has 0 bridgehead atoms. The number of tetrazole rings is 1. The highest BCUT2D eigenvalue weighted by Gasteiger charge is 2.21. The van der Waals surface area contributed by atoms with Crippen LogP contribution in [0.25, 0.3) is 28.2 Å². The Morgan fingerprint density at radius 3 is 2.72 bits per heavy atom. The lowest BCUT2D eigenvalue weighted by Gasteiger charge is -2.22. The van der Waals surface area contributed by atoms with E-state index in [-0.39, 0.29) is 22.4 Å². The van der Waals surface area contributed by atoms with Gasteiger partial charge in [0.25, 0.3) is 0 Å². The number of anilines is 1. The fourth-order valence-corrected chi connectivity index (χ4v) is 3.97. The van der Waals surface area contributed by atoms with Crippen LogP contribution in [0, 0.1) is 11.6 Å². The largest absolute Gasteiger partial charge is 0.383 e. The van der Waals surface area contributed by atoms with Gasteiger partial charge < -0.3 is 11.1 Å². The lowest BCUT2D eigenvalue weighted by Crippen LogP contribution is -2.29. The molecule has 0 radical (unpaired) electrons. The van der Waals surface area contributed by atoms with Crippen LogP contribution in [0.4, 0.5) is 14.6 Å². The molecule has 4 aromatic rings. The van der Waals surface area contributed by atoms with E-state index in [1.807, 2.05) is 10.9 Å². The van der Waals surface area contributed by atoms with Crippen molar-refractivity contribution in [2.75, 3.05) is 18.8 Å². The number of rotatable bonds is 4. The van der Waals surface area contributed by atoms with Gasteiger partial charge in [-0.3, -0.25) is 4.68 Å². The van der Waals surface area contributed by atoms with Gasteiger partial charge in [0, 0.05) is 35.7 Å². The molecule has 32 heavy (non-hydrogen) atoms. The van der Waals surface area contributed by atoms with Crippen LogP contribution in [0.3, 0.4) is 0 Å². The predicted octanol–water partition coefficient (Wildman–Crippen LogP) is 3.03. The number of hydrogen-bond donors (Lipinski definition) is 2. The van der Waals surface area contributed by atoms with Gasteiger partial charge in [-0.25, -0.2) is 13.8 Å². The van der Waals surface area contributed by atoms with E-state index in [1.165, 1.54) is 0 Å². The van der Waals surface area contributed by atoms with E-state index in [0.29, 0.717) is 17.7 Å². The molecule has 4 heterocycles. The number of nitrogens with one attached hydrogen (secondary N) is 1. The SMILES string of the molecule is Nc1ncc(-c2cnn(C3CCNCC3)c2)cc1-c1nnnn1-c1cc(F)cc(F)c1Cl. The van der Waals surface area contributed by atoms with E-state index in [1.54, 1.807) is 18.5 Å². The summed E-state index contributed by atoms with van der Waals surface area (Å²) in [6.45, 7) is 1.92. The number of piperidine rings is 1. The topological polar surface area (TPSA) is 112 Å². The Balaban J connectivity index is 1.54. The number of aromatic nitrogens is 7. The van der Waals surface area contributed by atoms with Gasteiger partial charge in [0.2, 0.25) is 0 Å². The first-order valence-corrected chi connectivity index (χ1v) is 10.3. The second kappa shape index (κ2) is 8.24. The maximum atomic E-state index is 14.0. The zero-order chi connectivity index (χ0) is 22.2. The summed E-state index contributed by atoms with van der Waals surface area (Å²) in [6.07, 6.45) is 7.37. The highest BCUT2D eigenvalue weighted by Crippen LogP contribution is 2.32. The number of nitrogens with zero attached hydrogens (tertiary/aromatic N) is 7. The maximum Gasteiger partial charge on any atom is 0.190 e. The Morgan fingerprint density at radius 1 is 1.09 bits per heavy atom. The van der Waals surface area contributed by atoms with Gasteiger partial charge >= 0.3 is 0 Å². The molecule has 0 atom stereocenters. The third-order valence-electron chi connectivity index (χ3n) is 5.45. The monoisotopic (exact) mass is 457 g/mol. The van der Waals surface area contributed by atoms with Crippen LogP contribution < -0.4 is 11.1 Å². The minimum absolute atomic E-state index is 0.0484. The first-order valence-electron chi connectivity index (χ1n) is 9.95. The quantitative estimate of drug-likeness (QED) is 0.453. The van der Waals surface area contributed by atoms with Gasteiger partial charge in [0.15, 0.2) is 5.82 Å².